The number of benzene rings is 2. The average molecular weight is 491 g/mol. The Balaban J connectivity index is 1.33. The van der Waals surface area contributed by atoms with Crippen LogP contribution < -0.4 is 10.6 Å². The van der Waals surface area contributed by atoms with Crippen LogP contribution in [0.1, 0.15) is 12.5 Å². The highest BCUT2D eigenvalue weighted by atomic mass is 16.2. The number of hydrogen-bond donors (Lipinski definition) is 2. The van der Waals surface area contributed by atoms with Crippen LogP contribution in [0.25, 0.3) is 16.9 Å². The molecule has 1 aliphatic heterocycles. The Labute approximate surface area is 214 Å². The van der Waals surface area contributed by atoms with Crippen LogP contribution in [0.3, 0.4) is 0 Å². The Kier molecular flexibility index (Phi) is 5.86. The number of rotatable bonds is 7. The van der Waals surface area contributed by atoms with E-state index in [0.29, 0.717) is 36.2 Å². The van der Waals surface area contributed by atoms with Gasteiger partial charge in [-0.3, -0.25) is 9.36 Å². The van der Waals surface area contributed by atoms with Crippen LogP contribution in [0.4, 0.5) is 23.3 Å². The smallest absolute Gasteiger partial charge is 0.246 e. The molecule has 0 aliphatic carbocycles. The van der Waals surface area contributed by atoms with Gasteiger partial charge in [-0.1, -0.05) is 24.8 Å². The third-order valence-corrected chi connectivity index (χ3v) is 6.50. The van der Waals surface area contributed by atoms with Gasteiger partial charge in [0, 0.05) is 42.5 Å². The second-order valence-electron chi connectivity index (χ2n) is 8.89. The minimum atomic E-state index is -0.0650. The summed E-state index contributed by atoms with van der Waals surface area (Å²) in [5, 5.41) is 6.73. The van der Waals surface area contributed by atoms with E-state index in [1.165, 1.54) is 6.08 Å². The molecule has 1 aliphatic rings. The number of carbonyl (C=O) groups excluding carboxylic acids is 1. The highest BCUT2D eigenvalue weighted by molar-refractivity contribution is 5.87. The molecule has 3 aromatic heterocycles. The first-order chi connectivity index (χ1) is 18.2. The summed E-state index contributed by atoms with van der Waals surface area (Å²) in [6.45, 7) is 4.85. The summed E-state index contributed by atoms with van der Waals surface area (Å²) >= 11 is 0. The normalized spacial score (nSPS) is 15.1. The Morgan fingerprint density at radius 3 is 2.46 bits per heavy atom. The summed E-state index contributed by atoms with van der Waals surface area (Å²) < 4.78 is 4.13. The lowest BCUT2D eigenvalue weighted by Crippen LogP contribution is -2.27. The molecule has 0 unspecified atom stereocenters. The van der Waals surface area contributed by atoms with Gasteiger partial charge in [0.05, 0.1) is 12.2 Å². The molecule has 37 heavy (non-hydrogen) atoms. The van der Waals surface area contributed by atoms with E-state index in [2.05, 4.69) is 26.8 Å². The molecule has 184 valence electrons. The Morgan fingerprint density at radius 1 is 0.946 bits per heavy atom. The molecule has 6 rings (SSSR count). The summed E-state index contributed by atoms with van der Waals surface area (Å²) in [5.74, 6) is 1.08. The fourth-order valence-corrected chi connectivity index (χ4v) is 4.67. The van der Waals surface area contributed by atoms with Gasteiger partial charge in [0.15, 0.2) is 5.65 Å². The number of hydrogen-bond acceptors (Lipinski definition) is 6. The van der Waals surface area contributed by atoms with Gasteiger partial charge in [-0.2, -0.15) is 4.98 Å². The third-order valence-electron chi connectivity index (χ3n) is 6.50. The molecule has 9 heteroatoms. The minimum Gasteiger partial charge on any atom is -0.337 e. The molecule has 2 aromatic carbocycles. The second kappa shape index (κ2) is 9.62. The first-order valence-electron chi connectivity index (χ1n) is 12.2. The zero-order valence-electron chi connectivity index (χ0n) is 20.2. The van der Waals surface area contributed by atoms with Crippen LogP contribution in [-0.2, 0) is 4.79 Å². The largest absolute Gasteiger partial charge is 0.337 e. The maximum absolute atomic E-state index is 12.3. The molecule has 4 heterocycles. The van der Waals surface area contributed by atoms with Crippen LogP contribution in [0, 0.1) is 0 Å². The van der Waals surface area contributed by atoms with Crippen LogP contribution >= 0.6 is 0 Å². The Morgan fingerprint density at radius 2 is 1.70 bits per heavy atom. The van der Waals surface area contributed by atoms with Gasteiger partial charge in [-0.15, -0.1) is 0 Å². The molecule has 1 fully saturated rings. The van der Waals surface area contributed by atoms with Gasteiger partial charge in [-0.05, 0) is 61.0 Å². The summed E-state index contributed by atoms with van der Waals surface area (Å²) in [5.41, 5.74) is 4.26. The average Bonchev–Trinajstić information content (AvgIpc) is 3.69. The maximum Gasteiger partial charge on any atom is 0.246 e. The van der Waals surface area contributed by atoms with Crippen molar-refractivity contribution in [1.82, 2.24) is 29.0 Å². The number of likely N-dealkylation sites (tertiary alicyclic amines) is 1. The van der Waals surface area contributed by atoms with Crippen LogP contribution in [0.2, 0.25) is 0 Å². The van der Waals surface area contributed by atoms with Crippen LogP contribution in [0.15, 0.2) is 98.0 Å². The molecule has 1 amide bonds. The van der Waals surface area contributed by atoms with E-state index >= 15 is 0 Å². The summed E-state index contributed by atoms with van der Waals surface area (Å²) in [7, 11) is 0. The van der Waals surface area contributed by atoms with Crippen LogP contribution in [-0.4, -0.2) is 48.0 Å². The van der Waals surface area contributed by atoms with Crippen LogP contribution in [0.5, 0.6) is 0 Å². The van der Waals surface area contributed by atoms with Gasteiger partial charge in [-0.25, -0.2) is 9.97 Å². The molecule has 5 aromatic rings. The number of imidazole rings is 1. The lowest BCUT2D eigenvalue weighted by atomic mass is 10.2. The van der Waals surface area contributed by atoms with E-state index in [1.54, 1.807) is 6.20 Å². The van der Waals surface area contributed by atoms with Gasteiger partial charge in [0.1, 0.15) is 5.52 Å². The number of anilines is 4. The highest BCUT2D eigenvalue weighted by Crippen LogP contribution is 2.32. The molecular formula is C28H26N8O. The molecule has 0 spiro atoms. The lowest BCUT2D eigenvalue weighted by Gasteiger charge is -2.18. The van der Waals surface area contributed by atoms with Gasteiger partial charge < -0.3 is 20.1 Å². The van der Waals surface area contributed by atoms with Gasteiger partial charge in [0.25, 0.3) is 0 Å². The fourth-order valence-electron chi connectivity index (χ4n) is 4.67. The van der Waals surface area contributed by atoms with Gasteiger partial charge >= 0.3 is 0 Å². The van der Waals surface area contributed by atoms with E-state index in [-0.39, 0.29) is 11.9 Å². The van der Waals surface area contributed by atoms with Crippen molar-refractivity contribution in [3.63, 3.8) is 0 Å². The molecular weight excluding hydrogens is 464 g/mol. The number of carbonyl (C=O) groups is 1. The summed E-state index contributed by atoms with van der Waals surface area (Å²) in [4.78, 5) is 28.2. The van der Waals surface area contributed by atoms with Crippen molar-refractivity contribution in [1.29, 1.82) is 0 Å². The van der Waals surface area contributed by atoms with Crippen molar-refractivity contribution >= 4 is 40.3 Å². The zero-order valence-corrected chi connectivity index (χ0v) is 20.2. The highest BCUT2D eigenvalue weighted by Gasteiger charge is 2.30. The van der Waals surface area contributed by atoms with Crippen molar-refractivity contribution < 1.29 is 4.79 Å². The van der Waals surface area contributed by atoms with Crippen molar-refractivity contribution in [2.45, 2.75) is 12.5 Å². The number of aromatic nitrogens is 5. The molecule has 1 saturated heterocycles. The van der Waals surface area contributed by atoms with E-state index in [4.69, 9.17) is 9.97 Å². The van der Waals surface area contributed by atoms with Gasteiger partial charge in [0.2, 0.25) is 17.8 Å². The van der Waals surface area contributed by atoms with Crippen molar-refractivity contribution in [2.24, 2.45) is 0 Å². The first-order valence-corrected chi connectivity index (χ1v) is 12.2. The fraction of sp³-hybridized carbons (Fsp3) is 0.143. The Hall–Kier alpha value is -4.92. The second-order valence-corrected chi connectivity index (χ2v) is 8.89. The first kappa shape index (κ1) is 22.5. The topological polar surface area (TPSA) is 92.9 Å². The number of fused-ring (bicyclic) bond motifs is 1. The SMILES string of the molecule is C=CC(=O)N1CC[C@H](n2c(Nc3ccccc3)nc3cnc(Nc4ccc(-n5cccc5)cc4)nc32)C1. The lowest BCUT2D eigenvalue weighted by molar-refractivity contribution is -0.125. The maximum atomic E-state index is 12.3. The molecule has 0 radical (unpaired) electrons. The van der Waals surface area contributed by atoms with E-state index in [9.17, 15) is 4.79 Å². The predicted molar refractivity (Wildman–Crippen MR) is 145 cm³/mol. The monoisotopic (exact) mass is 490 g/mol. The molecule has 2 N–H and O–H groups in total. The van der Waals surface area contributed by atoms with E-state index in [0.717, 1.165) is 23.5 Å². The third kappa shape index (κ3) is 4.54. The molecule has 0 saturated carbocycles. The van der Waals surface area contributed by atoms with E-state index < -0.39 is 0 Å². The number of nitrogens with one attached hydrogen (secondary N) is 2. The molecule has 1 atom stereocenters. The van der Waals surface area contributed by atoms with Crippen molar-refractivity contribution in [3.8, 4) is 5.69 Å². The molecule has 9 nitrogen and oxygen atoms in total. The van der Waals surface area contributed by atoms with E-state index in [1.807, 2.05) is 88.6 Å². The molecule has 0 bridgehead atoms. The van der Waals surface area contributed by atoms with Crippen molar-refractivity contribution in [2.75, 3.05) is 23.7 Å². The summed E-state index contributed by atoms with van der Waals surface area (Å²) in [6, 6.07) is 22.0. The number of nitrogens with zero attached hydrogens (tertiary/aromatic N) is 6. The Bertz CT molecular complexity index is 1540. The predicted octanol–water partition coefficient (Wildman–Crippen LogP) is 5.06. The van der Waals surface area contributed by atoms with Crippen molar-refractivity contribution in [3.05, 3.63) is 98.0 Å². The quantitative estimate of drug-likeness (QED) is 0.310. The zero-order chi connectivity index (χ0) is 25.2. The summed E-state index contributed by atoms with van der Waals surface area (Å²) in [6.07, 6.45) is 7.90. The number of amides is 1. The number of para-hydroxylation sites is 1. The minimum absolute atomic E-state index is 0.0173. The standard InChI is InChI=1S/C28H26N8O/c1-2-25(37)35-17-14-23(19-35)36-26-24(32-28(36)31-20-8-4-3-5-9-20)18-29-27(33-26)30-21-10-12-22(13-11-21)34-15-6-7-16-34/h2-13,15-16,18,23H,1,14,17,19H2,(H,31,32)(H,29,30,33)/t23-/m0/s1.